The molecule has 1 aliphatic heterocycles. The Labute approximate surface area is 114 Å². The van der Waals surface area contributed by atoms with Crippen molar-refractivity contribution in [1.82, 2.24) is 9.62 Å². The zero-order valence-electron chi connectivity index (χ0n) is 11.3. The molecular weight excluding hydrogens is 264 g/mol. The Morgan fingerprint density at radius 2 is 1.84 bits per heavy atom. The first-order valence-corrected chi connectivity index (χ1v) is 7.69. The van der Waals surface area contributed by atoms with Crippen molar-refractivity contribution in [2.45, 2.75) is 4.90 Å². The maximum absolute atomic E-state index is 11.8. The summed E-state index contributed by atoms with van der Waals surface area (Å²) in [5, 5.41) is 0. The average Bonchev–Trinajstić information content (AvgIpc) is 2.40. The van der Waals surface area contributed by atoms with E-state index in [1.54, 1.807) is 12.1 Å². The third kappa shape index (κ3) is 2.99. The van der Waals surface area contributed by atoms with Crippen LogP contribution < -0.4 is 15.4 Å². The lowest BCUT2D eigenvalue weighted by atomic mass is 10.2. The van der Waals surface area contributed by atoms with Crippen LogP contribution in [0.1, 0.15) is 0 Å². The van der Waals surface area contributed by atoms with Crippen molar-refractivity contribution in [1.29, 1.82) is 0 Å². The Kier molecular flexibility index (Phi) is 3.98. The molecule has 0 saturated carbocycles. The summed E-state index contributed by atoms with van der Waals surface area (Å²) in [7, 11) is 0.0465. The number of nitrogens with two attached hydrogens (primary N) is 1. The molecule has 1 saturated heterocycles. The second-order valence-corrected chi connectivity index (χ2v) is 6.61. The van der Waals surface area contributed by atoms with Gasteiger partial charge in [0.25, 0.3) is 0 Å². The number of anilines is 2. The van der Waals surface area contributed by atoms with E-state index in [0.29, 0.717) is 5.69 Å². The standard InChI is InChI=1S/C12H20N4O2S/c1-14-19(17,18)10-3-4-11(13)12(9-10)16-7-5-15(2)6-8-16/h3-4,9,14H,5-8,13H2,1-2H3. The van der Waals surface area contributed by atoms with Crippen LogP contribution in [-0.4, -0.2) is 53.6 Å². The van der Waals surface area contributed by atoms with Crippen molar-refractivity contribution in [2.75, 3.05) is 50.9 Å². The predicted octanol–water partition coefficient (Wildman–Crippen LogP) is -0.0713. The molecule has 0 unspecified atom stereocenters. The zero-order chi connectivity index (χ0) is 14.0. The zero-order valence-corrected chi connectivity index (χ0v) is 12.1. The molecule has 1 heterocycles. The number of piperazine rings is 1. The molecule has 3 N–H and O–H groups in total. The van der Waals surface area contributed by atoms with Gasteiger partial charge in [0.15, 0.2) is 0 Å². The van der Waals surface area contributed by atoms with Crippen molar-refractivity contribution in [3.05, 3.63) is 18.2 Å². The van der Waals surface area contributed by atoms with Gasteiger partial charge in [0.05, 0.1) is 16.3 Å². The quantitative estimate of drug-likeness (QED) is 0.760. The Hall–Kier alpha value is -1.31. The van der Waals surface area contributed by atoms with Gasteiger partial charge in [-0.3, -0.25) is 0 Å². The first-order chi connectivity index (χ1) is 8.94. The topological polar surface area (TPSA) is 78.7 Å². The number of sulfonamides is 1. The maximum atomic E-state index is 11.8. The molecule has 0 amide bonds. The van der Waals surface area contributed by atoms with Crippen LogP contribution in [0.4, 0.5) is 11.4 Å². The second kappa shape index (κ2) is 5.36. The highest BCUT2D eigenvalue weighted by Gasteiger charge is 2.19. The van der Waals surface area contributed by atoms with Gasteiger partial charge in [-0.1, -0.05) is 0 Å². The van der Waals surface area contributed by atoms with Gasteiger partial charge < -0.3 is 15.5 Å². The highest BCUT2D eigenvalue weighted by molar-refractivity contribution is 7.89. The van der Waals surface area contributed by atoms with E-state index >= 15 is 0 Å². The van der Waals surface area contributed by atoms with Crippen LogP contribution in [0.5, 0.6) is 0 Å². The van der Waals surface area contributed by atoms with E-state index in [1.165, 1.54) is 13.1 Å². The molecule has 7 heteroatoms. The SMILES string of the molecule is CNS(=O)(=O)c1ccc(N)c(N2CCN(C)CC2)c1. The van der Waals surface area contributed by atoms with E-state index in [4.69, 9.17) is 5.73 Å². The molecule has 0 aliphatic carbocycles. The van der Waals surface area contributed by atoms with Gasteiger partial charge in [-0.25, -0.2) is 13.1 Å². The Bertz CT molecular complexity index is 551. The lowest BCUT2D eigenvalue weighted by Gasteiger charge is -2.34. The molecule has 0 bridgehead atoms. The van der Waals surface area contributed by atoms with E-state index < -0.39 is 10.0 Å². The van der Waals surface area contributed by atoms with E-state index in [-0.39, 0.29) is 4.90 Å². The summed E-state index contributed by atoms with van der Waals surface area (Å²) in [6, 6.07) is 4.82. The molecule has 0 spiro atoms. The number of hydrogen-bond donors (Lipinski definition) is 2. The van der Waals surface area contributed by atoms with E-state index in [1.807, 2.05) is 0 Å². The molecule has 19 heavy (non-hydrogen) atoms. The van der Waals surface area contributed by atoms with Crippen LogP contribution in [0, 0.1) is 0 Å². The van der Waals surface area contributed by atoms with Crippen LogP contribution in [0.3, 0.4) is 0 Å². The van der Waals surface area contributed by atoms with Gasteiger partial charge in [-0.2, -0.15) is 0 Å². The summed E-state index contributed by atoms with van der Waals surface area (Å²) in [4.78, 5) is 4.61. The normalized spacial score (nSPS) is 17.7. The number of benzene rings is 1. The smallest absolute Gasteiger partial charge is 0.240 e. The molecule has 1 aromatic carbocycles. The van der Waals surface area contributed by atoms with E-state index in [2.05, 4.69) is 21.6 Å². The molecule has 106 valence electrons. The van der Waals surface area contributed by atoms with Gasteiger partial charge in [-0.15, -0.1) is 0 Å². The van der Waals surface area contributed by atoms with Crippen LogP contribution in [0.25, 0.3) is 0 Å². The summed E-state index contributed by atoms with van der Waals surface area (Å²) in [6.07, 6.45) is 0. The van der Waals surface area contributed by atoms with Crippen molar-refractivity contribution in [2.24, 2.45) is 0 Å². The number of nitrogens with one attached hydrogen (secondary N) is 1. The van der Waals surface area contributed by atoms with Crippen molar-refractivity contribution >= 4 is 21.4 Å². The first-order valence-electron chi connectivity index (χ1n) is 6.20. The van der Waals surface area contributed by atoms with Crippen molar-refractivity contribution in [3.8, 4) is 0 Å². The van der Waals surface area contributed by atoms with Crippen LogP contribution in [-0.2, 0) is 10.0 Å². The number of rotatable bonds is 3. The molecule has 0 atom stereocenters. The lowest BCUT2D eigenvalue weighted by Crippen LogP contribution is -2.44. The predicted molar refractivity (Wildman–Crippen MR) is 76.8 cm³/mol. The van der Waals surface area contributed by atoms with Gasteiger partial charge in [0, 0.05) is 26.2 Å². The van der Waals surface area contributed by atoms with Crippen LogP contribution >= 0.6 is 0 Å². The number of nitrogens with zero attached hydrogens (tertiary/aromatic N) is 2. The average molecular weight is 284 g/mol. The summed E-state index contributed by atoms with van der Waals surface area (Å²) < 4.78 is 26.0. The molecule has 0 radical (unpaired) electrons. The molecule has 2 rings (SSSR count). The number of likely N-dealkylation sites (N-methyl/N-ethyl adjacent to an activating group) is 1. The highest BCUT2D eigenvalue weighted by Crippen LogP contribution is 2.27. The lowest BCUT2D eigenvalue weighted by molar-refractivity contribution is 0.313. The van der Waals surface area contributed by atoms with Crippen molar-refractivity contribution in [3.63, 3.8) is 0 Å². The van der Waals surface area contributed by atoms with Gasteiger partial charge >= 0.3 is 0 Å². The summed E-state index contributed by atoms with van der Waals surface area (Å²) in [5.41, 5.74) is 7.38. The summed E-state index contributed by atoms with van der Waals surface area (Å²) in [5.74, 6) is 0. The Morgan fingerprint density at radius 1 is 1.21 bits per heavy atom. The van der Waals surface area contributed by atoms with Crippen molar-refractivity contribution < 1.29 is 8.42 Å². The number of hydrogen-bond acceptors (Lipinski definition) is 5. The largest absolute Gasteiger partial charge is 0.397 e. The summed E-state index contributed by atoms with van der Waals surface area (Å²) in [6.45, 7) is 3.60. The van der Waals surface area contributed by atoms with Crippen LogP contribution in [0.2, 0.25) is 0 Å². The maximum Gasteiger partial charge on any atom is 0.240 e. The van der Waals surface area contributed by atoms with Crippen LogP contribution in [0.15, 0.2) is 23.1 Å². The van der Waals surface area contributed by atoms with E-state index in [0.717, 1.165) is 31.9 Å². The molecule has 6 nitrogen and oxygen atoms in total. The minimum absolute atomic E-state index is 0.248. The molecule has 1 fully saturated rings. The molecule has 1 aromatic rings. The van der Waals surface area contributed by atoms with Gasteiger partial charge in [0.1, 0.15) is 0 Å². The third-order valence-corrected chi connectivity index (χ3v) is 4.84. The fourth-order valence-electron chi connectivity index (χ4n) is 2.13. The van der Waals surface area contributed by atoms with Gasteiger partial charge in [-0.05, 0) is 32.3 Å². The van der Waals surface area contributed by atoms with E-state index in [9.17, 15) is 8.42 Å². The summed E-state index contributed by atoms with van der Waals surface area (Å²) >= 11 is 0. The number of nitrogen functional groups attached to an aromatic ring is 1. The fraction of sp³-hybridized carbons (Fsp3) is 0.500. The molecule has 0 aromatic heterocycles. The fourth-order valence-corrected chi connectivity index (χ4v) is 2.88. The highest BCUT2D eigenvalue weighted by atomic mass is 32.2. The Balaban J connectivity index is 2.33. The first kappa shape index (κ1) is 14.1. The van der Waals surface area contributed by atoms with Gasteiger partial charge in [0.2, 0.25) is 10.0 Å². The molecule has 1 aliphatic rings. The third-order valence-electron chi connectivity index (χ3n) is 3.42. The minimum atomic E-state index is -3.43. The molecular formula is C12H20N4O2S. The monoisotopic (exact) mass is 284 g/mol. The Morgan fingerprint density at radius 3 is 2.42 bits per heavy atom. The second-order valence-electron chi connectivity index (χ2n) is 4.72. The minimum Gasteiger partial charge on any atom is -0.397 e.